The molecule has 1 heterocycles. The minimum absolute atomic E-state index is 1.28. The summed E-state index contributed by atoms with van der Waals surface area (Å²) in [6.07, 6.45) is 24.6. The first-order valence-corrected chi connectivity index (χ1v) is 9.34. The zero-order valence-corrected chi connectivity index (χ0v) is 13.9. The fourth-order valence-corrected chi connectivity index (χ4v) is 3.04. The summed E-state index contributed by atoms with van der Waals surface area (Å²) >= 11 is 0. The molecule has 0 aromatic heterocycles. The van der Waals surface area contributed by atoms with Crippen molar-refractivity contribution in [2.75, 3.05) is 13.1 Å². The van der Waals surface area contributed by atoms with E-state index in [1.54, 1.807) is 0 Å². The third-order valence-corrected chi connectivity index (χ3v) is 4.43. The number of allylic oxidation sites excluding steroid dienone is 1. The highest BCUT2D eigenvalue weighted by Gasteiger charge is 2.04. The van der Waals surface area contributed by atoms with Crippen LogP contribution in [0.1, 0.15) is 96.8 Å². The molecule has 1 saturated heterocycles. The number of nitrogens with zero attached hydrogens (tertiary/aromatic N) is 1. The Labute approximate surface area is 127 Å². The van der Waals surface area contributed by atoms with Crippen LogP contribution in [0.15, 0.2) is 12.3 Å². The van der Waals surface area contributed by atoms with Crippen LogP contribution >= 0.6 is 0 Å². The normalized spacial score (nSPS) is 16.1. The molecular formula is C19H37N. The van der Waals surface area contributed by atoms with Crippen LogP contribution in [0.25, 0.3) is 0 Å². The van der Waals surface area contributed by atoms with Crippen LogP contribution < -0.4 is 0 Å². The van der Waals surface area contributed by atoms with Crippen molar-refractivity contribution >= 4 is 0 Å². The SMILES string of the molecule is CCCCCCCCCCCCC=CN1CCCCC1. The lowest BCUT2D eigenvalue weighted by Gasteiger charge is -2.24. The summed E-state index contributed by atoms with van der Waals surface area (Å²) in [5.41, 5.74) is 0. The molecule has 1 fully saturated rings. The van der Waals surface area contributed by atoms with Crippen LogP contribution in [0.2, 0.25) is 0 Å². The standard InChI is InChI=1S/C19H37N/c1-2-3-4-5-6-7-8-9-10-11-12-14-17-20-18-15-13-16-19-20/h14,17H,2-13,15-16,18-19H2,1H3. The van der Waals surface area contributed by atoms with Gasteiger partial charge >= 0.3 is 0 Å². The predicted octanol–water partition coefficient (Wildman–Crippen LogP) is 6.30. The van der Waals surface area contributed by atoms with Crippen LogP contribution in [-0.2, 0) is 0 Å². The minimum Gasteiger partial charge on any atom is -0.378 e. The second kappa shape index (κ2) is 13.5. The van der Waals surface area contributed by atoms with Crippen LogP contribution in [0.5, 0.6) is 0 Å². The highest BCUT2D eigenvalue weighted by atomic mass is 15.1. The molecule has 1 aliphatic heterocycles. The van der Waals surface area contributed by atoms with Crippen molar-refractivity contribution in [3.63, 3.8) is 0 Å². The molecular weight excluding hydrogens is 242 g/mol. The molecule has 0 amide bonds. The molecule has 0 bridgehead atoms. The summed E-state index contributed by atoms with van der Waals surface area (Å²) in [6.45, 7) is 4.86. The monoisotopic (exact) mass is 279 g/mol. The Bertz CT molecular complexity index is 216. The number of hydrogen-bond donors (Lipinski definition) is 0. The second-order valence-electron chi connectivity index (χ2n) is 6.45. The third-order valence-electron chi connectivity index (χ3n) is 4.43. The molecule has 0 atom stereocenters. The average molecular weight is 280 g/mol. The van der Waals surface area contributed by atoms with E-state index in [0.717, 1.165) is 0 Å². The molecule has 0 aliphatic carbocycles. The topological polar surface area (TPSA) is 3.24 Å². The van der Waals surface area contributed by atoms with Gasteiger partial charge in [0, 0.05) is 13.1 Å². The molecule has 0 N–H and O–H groups in total. The Morgan fingerprint density at radius 2 is 1.25 bits per heavy atom. The van der Waals surface area contributed by atoms with Crippen molar-refractivity contribution < 1.29 is 0 Å². The fourth-order valence-electron chi connectivity index (χ4n) is 3.04. The highest BCUT2D eigenvalue weighted by Crippen LogP contribution is 2.12. The maximum atomic E-state index is 2.50. The smallest absolute Gasteiger partial charge is 0.0172 e. The summed E-state index contributed by atoms with van der Waals surface area (Å²) in [5, 5.41) is 0. The Balaban J connectivity index is 1.77. The van der Waals surface area contributed by atoms with E-state index in [0.29, 0.717) is 0 Å². The largest absolute Gasteiger partial charge is 0.378 e. The van der Waals surface area contributed by atoms with Gasteiger partial charge in [0.2, 0.25) is 0 Å². The van der Waals surface area contributed by atoms with Gasteiger partial charge in [-0.15, -0.1) is 0 Å². The minimum atomic E-state index is 1.28. The second-order valence-corrected chi connectivity index (χ2v) is 6.45. The maximum Gasteiger partial charge on any atom is 0.0172 e. The third kappa shape index (κ3) is 10.3. The molecule has 118 valence electrons. The lowest BCUT2D eigenvalue weighted by atomic mass is 10.1. The Morgan fingerprint density at radius 1 is 0.700 bits per heavy atom. The molecule has 0 aromatic carbocycles. The molecule has 0 aromatic rings. The van der Waals surface area contributed by atoms with E-state index in [1.807, 2.05) is 0 Å². The van der Waals surface area contributed by atoms with Crippen molar-refractivity contribution in [1.29, 1.82) is 0 Å². The first kappa shape index (κ1) is 17.6. The average Bonchev–Trinajstić information content (AvgIpc) is 2.49. The Morgan fingerprint density at radius 3 is 1.85 bits per heavy atom. The van der Waals surface area contributed by atoms with Gasteiger partial charge < -0.3 is 4.90 Å². The van der Waals surface area contributed by atoms with Crippen LogP contribution in [0.3, 0.4) is 0 Å². The summed E-state index contributed by atoms with van der Waals surface area (Å²) < 4.78 is 0. The van der Waals surface area contributed by atoms with E-state index in [4.69, 9.17) is 0 Å². The molecule has 0 unspecified atom stereocenters. The van der Waals surface area contributed by atoms with Gasteiger partial charge in [0.05, 0.1) is 0 Å². The Hall–Kier alpha value is -0.460. The van der Waals surface area contributed by atoms with Crippen LogP contribution in [0, 0.1) is 0 Å². The molecule has 1 nitrogen and oxygen atoms in total. The van der Waals surface area contributed by atoms with Gasteiger partial charge in [-0.05, 0) is 38.3 Å². The van der Waals surface area contributed by atoms with Gasteiger partial charge in [0.1, 0.15) is 0 Å². The summed E-state index contributed by atoms with van der Waals surface area (Å²) in [6, 6.07) is 0. The van der Waals surface area contributed by atoms with E-state index in [-0.39, 0.29) is 0 Å². The first-order valence-electron chi connectivity index (χ1n) is 9.34. The zero-order chi connectivity index (χ0) is 14.3. The summed E-state index contributed by atoms with van der Waals surface area (Å²) in [4.78, 5) is 2.50. The number of hydrogen-bond acceptors (Lipinski definition) is 1. The van der Waals surface area contributed by atoms with Crippen LogP contribution in [0.4, 0.5) is 0 Å². The van der Waals surface area contributed by atoms with Gasteiger partial charge in [-0.2, -0.15) is 0 Å². The molecule has 1 rings (SSSR count). The van der Waals surface area contributed by atoms with Gasteiger partial charge in [0.15, 0.2) is 0 Å². The molecule has 0 spiro atoms. The molecule has 0 radical (unpaired) electrons. The van der Waals surface area contributed by atoms with E-state index < -0.39 is 0 Å². The van der Waals surface area contributed by atoms with Crippen molar-refractivity contribution in [1.82, 2.24) is 4.90 Å². The van der Waals surface area contributed by atoms with Crippen molar-refractivity contribution in [2.24, 2.45) is 0 Å². The molecule has 0 saturated carbocycles. The fraction of sp³-hybridized carbons (Fsp3) is 0.895. The summed E-state index contributed by atoms with van der Waals surface area (Å²) in [5.74, 6) is 0. The number of rotatable bonds is 12. The van der Waals surface area contributed by atoms with E-state index in [1.165, 1.54) is 103 Å². The van der Waals surface area contributed by atoms with Crippen LogP contribution in [-0.4, -0.2) is 18.0 Å². The molecule has 1 aliphatic rings. The van der Waals surface area contributed by atoms with Crippen molar-refractivity contribution in [3.8, 4) is 0 Å². The van der Waals surface area contributed by atoms with Gasteiger partial charge in [0.25, 0.3) is 0 Å². The van der Waals surface area contributed by atoms with Gasteiger partial charge in [-0.25, -0.2) is 0 Å². The van der Waals surface area contributed by atoms with Gasteiger partial charge in [-0.3, -0.25) is 0 Å². The first-order chi connectivity index (χ1) is 9.93. The van der Waals surface area contributed by atoms with Crippen molar-refractivity contribution in [2.45, 2.75) is 96.8 Å². The Kier molecular flexibility index (Phi) is 11.9. The van der Waals surface area contributed by atoms with Crippen molar-refractivity contribution in [3.05, 3.63) is 12.3 Å². The highest BCUT2D eigenvalue weighted by molar-refractivity contribution is 4.83. The number of piperidine rings is 1. The lowest BCUT2D eigenvalue weighted by Crippen LogP contribution is -2.24. The zero-order valence-electron chi connectivity index (χ0n) is 13.9. The van der Waals surface area contributed by atoms with Gasteiger partial charge in [-0.1, -0.05) is 70.8 Å². The number of unbranched alkanes of at least 4 members (excludes halogenated alkanes) is 10. The predicted molar refractivity (Wildman–Crippen MR) is 91.0 cm³/mol. The number of likely N-dealkylation sites (tertiary alicyclic amines) is 1. The molecule has 20 heavy (non-hydrogen) atoms. The lowest BCUT2D eigenvalue weighted by molar-refractivity contribution is 0.308. The van der Waals surface area contributed by atoms with E-state index in [9.17, 15) is 0 Å². The quantitative estimate of drug-likeness (QED) is 0.379. The molecule has 1 heteroatoms. The maximum absolute atomic E-state index is 2.50. The summed E-state index contributed by atoms with van der Waals surface area (Å²) in [7, 11) is 0. The van der Waals surface area contributed by atoms with E-state index in [2.05, 4.69) is 24.1 Å². The van der Waals surface area contributed by atoms with E-state index >= 15 is 0 Å².